The summed E-state index contributed by atoms with van der Waals surface area (Å²) in [5.74, 6) is -0.510. The standard InChI is InChI=1S/C14H16BrFN2O2/c1-14(2,3)20-5-4-18-8-17-12-10(13(18)19)6-9(15)7-11(12)16/h6-8H,4-5H2,1-3H3. The molecule has 1 aromatic heterocycles. The maximum absolute atomic E-state index is 13.7. The number of aromatic nitrogens is 2. The molecule has 0 aliphatic heterocycles. The van der Waals surface area contributed by atoms with Crippen LogP contribution in [0, 0.1) is 5.82 Å². The van der Waals surface area contributed by atoms with Gasteiger partial charge in [0.1, 0.15) is 5.52 Å². The van der Waals surface area contributed by atoms with E-state index in [-0.39, 0.29) is 22.1 Å². The molecule has 1 aromatic carbocycles. The van der Waals surface area contributed by atoms with Gasteiger partial charge in [0.2, 0.25) is 0 Å². The van der Waals surface area contributed by atoms with E-state index in [2.05, 4.69) is 20.9 Å². The SMILES string of the molecule is CC(C)(C)OCCn1cnc2c(F)cc(Br)cc2c1=O. The predicted molar refractivity (Wildman–Crippen MR) is 79.4 cm³/mol. The van der Waals surface area contributed by atoms with Crippen molar-refractivity contribution in [3.05, 3.63) is 39.1 Å². The van der Waals surface area contributed by atoms with Gasteiger partial charge >= 0.3 is 0 Å². The third-order valence-electron chi connectivity index (χ3n) is 2.71. The van der Waals surface area contributed by atoms with Gasteiger partial charge in [-0.05, 0) is 32.9 Å². The number of hydrogen-bond donors (Lipinski definition) is 0. The molecular formula is C14H16BrFN2O2. The van der Waals surface area contributed by atoms with Crippen LogP contribution >= 0.6 is 15.9 Å². The van der Waals surface area contributed by atoms with E-state index in [1.165, 1.54) is 17.0 Å². The van der Waals surface area contributed by atoms with Crippen molar-refractivity contribution < 1.29 is 9.13 Å². The first-order chi connectivity index (χ1) is 9.28. The second-order valence-corrected chi connectivity index (χ2v) is 6.40. The van der Waals surface area contributed by atoms with Crippen LogP contribution in [0.4, 0.5) is 4.39 Å². The molecule has 108 valence electrons. The summed E-state index contributed by atoms with van der Waals surface area (Å²) in [7, 11) is 0. The highest BCUT2D eigenvalue weighted by molar-refractivity contribution is 9.10. The van der Waals surface area contributed by atoms with Gasteiger partial charge in [0.25, 0.3) is 5.56 Å². The van der Waals surface area contributed by atoms with Crippen LogP contribution in [0.2, 0.25) is 0 Å². The van der Waals surface area contributed by atoms with Crippen molar-refractivity contribution in [2.45, 2.75) is 32.9 Å². The summed E-state index contributed by atoms with van der Waals surface area (Å²) >= 11 is 3.18. The average molecular weight is 343 g/mol. The lowest BCUT2D eigenvalue weighted by molar-refractivity contribution is -0.00717. The molecule has 0 amide bonds. The van der Waals surface area contributed by atoms with Crippen LogP contribution < -0.4 is 5.56 Å². The molecule has 2 aromatic rings. The van der Waals surface area contributed by atoms with E-state index in [1.807, 2.05) is 20.8 Å². The highest BCUT2D eigenvalue weighted by Gasteiger charge is 2.12. The zero-order chi connectivity index (χ0) is 14.9. The average Bonchev–Trinajstić information content (AvgIpc) is 2.31. The Hall–Kier alpha value is -1.27. The number of nitrogens with zero attached hydrogens (tertiary/aromatic N) is 2. The summed E-state index contributed by atoms with van der Waals surface area (Å²) in [6.45, 7) is 6.61. The van der Waals surface area contributed by atoms with E-state index in [4.69, 9.17) is 4.74 Å². The first kappa shape index (κ1) is 15.1. The van der Waals surface area contributed by atoms with Gasteiger partial charge in [-0.25, -0.2) is 9.37 Å². The van der Waals surface area contributed by atoms with Gasteiger partial charge in [0.15, 0.2) is 5.82 Å². The zero-order valence-corrected chi connectivity index (χ0v) is 13.2. The molecule has 0 radical (unpaired) electrons. The molecule has 0 unspecified atom stereocenters. The largest absolute Gasteiger partial charge is 0.374 e. The normalized spacial score (nSPS) is 12.1. The van der Waals surface area contributed by atoms with E-state index >= 15 is 0 Å². The molecule has 0 atom stereocenters. The molecule has 0 N–H and O–H groups in total. The lowest BCUT2D eigenvalue weighted by Crippen LogP contribution is -2.27. The number of fused-ring (bicyclic) bond motifs is 1. The van der Waals surface area contributed by atoms with Crippen molar-refractivity contribution in [3.63, 3.8) is 0 Å². The first-order valence-corrected chi connectivity index (χ1v) is 7.05. The minimum atomic E-state index is -0.510. The highest BCUT2D eigenvalue weighted by Crippen LogP contribution is 2.19. The fraction of sp³-hybridized carbons (Fsp3) is 0.429. The number of benzene rings is 1. The van der Waals surface area contributed by atoms with Crippen LogP contribution in [-0.2, 0) is 11.3 Å². The topological polar surface area (TPSA) is 44.1 Å². The lowest BCUT2D eigenvalue weighted by Gasteiger charge is -2.19. The minimum absolute atomic E-state index is 0.0891. The molecule has 0 fully saturated rings. The summed E-state index contributed by atoms with van der Waals surface area (Å²) in [5.41, 5.74) is -0.442. The van der Waals surface area contributed by atoms with Crippen molar-refractivity contribution in [3.8, 4) is 0 Å². The molecule has 4 nitrogen and oxygen atoms in total. The van der Waals surface area contributed by atoms with Crippen molar-refractivity contribution in [1.82, 2.24) is 9.55 Å². The van der Waals surface area contributed by atoms with E-state index in [0.29, 0.717) is 17.6 Å². The number of halogens is 2. The Morgan fingerprint density at radius 3 is 2.75 bits per heavy atom. The minimum Gasteiger partial charge on any atom is -0.374 e. The van der Waals surface area contributed by atoms with Crippen LogP contribution in [0.1, 0.15) is 20.8 Å². The fourth-order valence-electron chi connectivity index (χ4n) is 1.80. The summed E-state index contributed by atoms with van der Waals surface area (Å²) < 4.78 is 21.2. The Balaban J connectivity index is 2.33. The van der Waals surface area contributed by atoms with Gasteiger partial charge in [-0.1, -0.05) is 15.9 Å². The van der Waals surface area contributed by atoms with Crippen molar-refractivity contribution in [2.75, 3.05) is 6.61 Å². The van der Waals surface area contributed by atoms with Crippen LogP contribution in [0.5, 0.6) is 0 Å². The second kappa shape index (κ2) is 5.61. The zero-order valence-electron chi connectivity index (χ0n) is 11.6. The van der Waals surface area contributed by atoms with Gasteiger partial charge in [0, 0.05) is 4.47 Å². The molecule has 0 aliphatic rings. The third kappa shape index (κ3) is 3.43. The molecule has 20 heavy (non-hydrogen) atoms. The quantitative estimate of drug-likeness (QED) is 0.860. The van der Waals surface area contributed by atoms with Crippen molar-refractivity contribution in [1.29, 1.82) is 0 Å². The predicted octanol–water partition coefficient (Wildman–Crippen LogP) is 3.11. The van der Waals surface area contributed by atoms with Crippen LogP contribution in [0.15, 0.2) is 27.7 Å². The molecule has 0 saturated heterocycles. The molecule has 0 bridgehead atoms. The van der Waals surface area contributed by atoms with Gasteiger partial charge in [-0.3, -0.25) is 9.36 Å². The molecule has 6 heteroatoms. The highest BCUT2D eigenvalue weighted by atomic mass is 79.9. The maximum atomic E-state index is 13.7. The van der Waals surface area contributed by atoms with Gasteiger partial charge in [0.05, 0.1) is 30.5 Å². The van der Waals surface area contributed by atoms with Crippen molar-refractivity contribution in [2.24, 2.45) is 0 Å². The first-order valence-electron chi connectivity index (χ1n) is 6.26. The number of hydrogen-bond acceptors (Lipinski definition) is 3. The van der Waals surface area contributed by atoms with E-state index in [9.17, 15) is 9.18 Å². The Labute approximate surface area is 124 Å². The lowest BCUT2D eigenvalue weighted by atomic mass is 10.2. The maximum Gasteiger partial charge on any atom is 0.261 e. The fourth-order valence-corrected chi connectivity index (χ4v) is 2.23. The Bertz CT molecular complexity index is 692. The Morgan fingerprint density at radius 1 is 1.40 bits per heavy atom. The van der Waals surface area contributed by atoms with Gasteiger partial charge in [-0.2, -0.15) is 0 Å². The van der Waals surface area contributed by atoms with Crippen LogP contribution in [0.3, 0.4) is 0 Å². The summed E-state index contributed by atoms with van der Waals surface area (Å²) in [6.07, 6.45) is 1.35. The second-order valence-electron chi connectivity index (χ2n) is 5.49. The van der Waals surface area contributed by atoms with Crippen LogP contribution in [0.25, 0.3) is 10.9 Å². The third-order valence-corrected chi connectivity index (χ3v) is 3.17. The van der Waals surface area contributed by atoms with E-state index < -0.39 is 5.82 Å². The number of rotatable bonds is 3. The van der Waals surface area contributed by atoms with Gasteiger partial charge in [-0.15, -0.1) is 0 Å². The molecule has 0 saturated carbocycles. The Morgan fingerprint density at radius 2 is 2.10 bits per heavy atom. The van der Waals surface area contributed by atoms with Gasteiger partial charge < -0.3 is 4.74 Å². The van der Waals surface area contributed by atoms with E-state index in [0.717, 1.165) is 0 Å². The molecule has 2 rings (SSSR count). The molecule has 0 aliphatic carbocycles. The molecule has 1 heterocycles. The Kier molecular flexibility index (Phi) is 4.25. The van der Waals surface area contributed by atoms with Crippen molar-refractivity contribution >= 4 is 26.8 Å². The number of ether oxygens (including phenoxy) is 1. The summed E-state index contributed by atoms with van der Waals surface area (Å²) in [4.78, 5) is 16.3. The monoisotopic (exact) mass is 342 g/mol. The van der Waals surface area contributed by atoms with Crippen LogP contribution in [-0.4, -0.2) is 21.8 Å². The molecular weight excluding hydrogens is 327 g/mol. The summed E-state index contributed by atoms with van der Waals surface area (Å²) in [5, 5.41) is 0.259. The van der Waals surface area contributed by atoms with E-state index in [1.54, 1.807) is 6.07 Å². The molecule has 0 spiro atoms. The smallest absolute Gasteiger partial charge is 0.261 e. The summed E-state index contributed by atoms with van der Waals surface area (Å²) in [6, 6.07) is 2.87.